The van der Waals surface area contributed by atoms with Gasteiger partial charge in [-0.2, -0.15) is 21.0 Å². The smallest absolute Gasteiger partial charge is 0.161 e. The Labute approximate surface area is 89.3 Å². The molecule has 4 heteroatoms. The molecule has 0 heterocycles. The summed E-state index contributed by atoms with van der Waals surface area (Å²) in [6, 6.07) is 7.32. The summed E-state index contributed by atoms with van der Waals surface area (Å²) < 4.78 is 0. The molecule has 74 valence electrons. The predicted octanol–water partition coefficient (Wildman–Crippen LogP) is 2.04. The lowest BCUT2D eigenvalue weighted by molar-refractivity contribution is 0.523. The molecule has 0 bridgehead atoms. The number of hydrogen-bond acceptors (Lipinski definition) is 4. The Balaban J connectivity index is 5.01. The second-order valence-corrected chi connectivity index (χ2v) is 3.68. The summed E-state index contributed by atoms with van der Waals surface area (Å²) >= 11 is 0. The van der Waals surface area contributed by atoms with E-state index < -0.39 is 10.8 Å². The number of allylic oxidation sites excluding steroid dienone is 1. The van der Waals surface area contributed by atoms with Crippen LogP contribution in [-0.2, 0) is 0 Å². The van der Waals surface area contributed by atoms with E-state index in [4.69, 9.17) is 21.0 Å². The van der Waals surface area contributed by atoms with Crippen molar-refractivity contribution in [2.75, 3.05) is 0 Å². The van der Waals surface area contributed by atoms with Crippen molar-refractivity contribution in [2.24, 2.45) is 10.8 Å². The van der Waals surface area contributed by atoms with E-state index in [1.54, 1.807) is 0 Å². The van der Waals surface area contributed by atoms with Gasteiger partial charge < -0.3 is 0 Å². The highest BCUT2D eigenvalue weighted by Crippen LogP contribution is 2.33. The Morgan fingerprint density at radius 2 is 1.40 bits per heavy atom. The average Bonchev–Trinajstić information content (AvgIpc) is 2.27. The standard InChI is InChI=1S/C11H10N4/c1-9(11(3,7-14)8-15)4-10(2,5-12)6-13/h1,4H2,2-3H3. The highest BCUT2D eigenvalue weighted by atomic mass is 14.4. The van der Waals surface area contributed by atoms with Crippen LogP contribution in [0.5, 0.6) is 0 Å². The van der Waals surface area contributed by atoms with Gasteiger partial charge in [0.1, 0.15) is 5.41 Å². The summed E-state index contributed by atoms with van der Waals surface area (Å²) in [4.78, 5) is 0. The Kier molecular flexibility index (Phi) is 3.62. The van der Waals surface area contributed by atoms with Crippen molar-refractivity contribution in [3.63, 3.8) is 0 Å². The topological polar surface area (TPSA) is 95.2 Å². The maximum atomic E-state index is 8.80. The van der Waals surface area contributed by atoms with E-state index in [1.807, 2.05) is 24.3 Å². The third-order valence-corrected chi connectivity index (χ3v) is 2.21. The van der Waals surface area contributed by atoms with E-state index in [9.17, 15) is 0 Å². The molecular weight excluding hydrogens is 188 g/mol. The molecule has 0 aliphatic rings. The monoisotopic (exact) mass is 198 g/mol. The summed E-state index contributed by atoms with van der Waals surface area (Å²) in [5.74, 6) is 0. The van der Waals surface area contributed by atoms with Crippen LogP contribution in [0, 0.1) is 56.2 Å². The zero-order valence-electron chi connectivity index (χ0n) is 8.70. The first-order valence-corrected chi connectivity index (χ1v) is 4.21. The van der Waals surface area contributed by atoms with Crippen LogP contribution in [0.2, 0.25) is 0 Å². The quantitative estimate of drug-likeness (QED) is 0.648. The van der Waals surface area contributed by atoms with Gasteiger partial charge in [0.05, 0.1) is 24.3 Å². The van der Waals surface area contributed by atoms with Crippen molar-refractivity contribution in [3.8, 4) is 24.3 Å². The third-order valence-electron chi connectivity index (χ3n) is 2.21. The average molecular weight is 198 g/mol. The Bertz CT molecular complexity index is 405. The lowest BCUT2D eigenvalue weighted by Crippen LogP contribution is -2.20. The van der Waals surface area contributed by atoms with E-state index in [-0.39, 0.29) is 12.0 Å². The van der Waals surface area contributed by atoms with E-state index >= 15 is 0 Å². The number of hydrogen-bond donors (Lipinski definition) is 0. The fourth-order valence-corrected chi connectivity index (χ4v) is 0.891. The minimum atomic E-state index is -1.34. The minimum absolute atomic E-state index is 0.0254. The van der Waals surface area contributed by atoms with Crippen LogP contribution in [0.1, 0.15) is 20.3 Å². The Hall–Kier alpha value is -2.30. The van der Waals surface area contributed by atoms with Crippen LogP contribution in [-0.4, -0.2) is 0 Å². The summed E-state index contributed by atoms with van der Waals surface area (Å²) in [5.41, 5.74) is -2.28. The molecule has 0 aromatic heterocycles. The van der Waals surface area contributed by atoms with Gasteiger partial charge in [-0.25, -0.2) is 0 Å². The van der Waals surface area contributed by atoms with Crippen LogP contribution in [0.25, 0.3) is 0 Å². The van der Waals surface area contributed by atoms with Crippen LogP contribution < -0.4 is 0 Å². The largest absolute Gasteiger partial charge is 0.197 e. The molecule has 0 radical (unpaired) electrons. The van der Waals surface area contributed by atoms with Crippen LogP contribution in [0.4, 0.5) is 0 Å². The molecule has 0 saturated heterocycles. The van der Waals surface area contributed by atoms with E-state index in [1.165, 1.54) is 13.8 Å². The van der Waals surface area contributed by atoms with Crippen LogP contribution in [0.3, 0.4) is 0 Å². The lowest BCUT2D eigenvalue weighted by atomic mass is 9.76. The number of nitriles is 4. The van der Waals surface area contributed by atoms with Crippen LogP contribution in [0.15, 0.2) is 12.2 Å². The second kappa shape index (κ2) is 4.28. The molecule has 0 aliphatic carbocycles. The first kappa shape index (κ1) is 12.7. The molecule has 0 fully saturated rings. The number of nitrogens with zero attached hydrogens (tertiary/aromatic N) is 4. The van der Waals surface area contributed by atoms with Crippen molar-refractivity contribution >= 4 is 0 Å². The molecule has 0 unspecified atom stereocenters. The van der Waals surface area contributed by atoms with Crippen molar-refractivity contribution in [3.05, 3.63) is 12.2 Å². The molecule has 15 heavy (non-hydrogen) atoms. The molecule has 0 aromatic rings. The molecule has 0 spiro atoms. The summed E-state index contributed by atoms with van der Waals surface area (Å²) in [7, 11) is 0. The second-order valence-electron chi connectivity index (χ2n) is 3.68. The minimum Gasteiger partial charge on any atom is -0.197 e. The summed E-state index contributed by atoms with van der Waals surface area (Å²) in [5, 5.41) is 35.1. The normalized spacial score (nSPS) is 10.3. The molecule has 0 rings (SSSR count). The lowest BCUT2D eigenvalue weighted by Gasteiger charge is -2.20. The molecule has 0 aromatic carbocycles. The first-order valence-electron chi connectivity index (χ1n) is 4.21. The van der Waals surface area contributed by atoms with Gasteiger partial charge in [0.2, 0.25) is 0 Å². The fraction of sp³-hybridized carbons (Fsp3) is 0.455. The van der Waals surface area contributed by atoms with Crippen molar-refractivity contribution in [2.45, 2.75) is 20.3 Å². The van der Waals surface area contributed by atoms with E-state index in [0.717, 1.165) is 0 Å². The molecule has 0 N–H and O–H groups in total. The highest BCUT2D eigenvalue weighted by Gasteiger charge is 2.34. The van der Waals surface area contributed by atoms with E-state index in [0.29, 0.717) is 0 Å². The number of rotatable bonds is 3. The SMILES string of the molecule is C=C(CC(C)(C#N)C#N)C(C)(C#N)C#N. The van der Waals surface area contributed by atoms with Gasteiger partial charge in [-0.1, -0.05) is 6.58 Å². The Morgan fingerprint density at radius 1 is 1.00 bits per heavy atom. The third kappa shape index (κ3) is 2.57. The molecule has 0 atom stereocenters. The highest BCUT2D eigenvalue weighted by molar-refractivity contribution is 5.32. The Morgan fingerprint density at radius 3 is 1.67 bits per heavy atom. The maximum absolute atomic E-state index is 8.80. The first-order chi connectivity index (χ1) is 6.87. The van der Waals surface area contributed by atoms with Gasteiger partial charge in [0, 0.05) is 6.42 Å². The molecule has 0 saturated carbocycles. The molecule has 4 nitrogen and oxygen atoms in total. The van der Waals surface area contributed by atoms with Gasteiger partial charge in [-0.05, 0) is 19.4 Å². The predicted molar refractivity (Wildman–Crippen MR) is 52.4 cm³/mol. The van der Waals surface area contributed by atoms with E-state index in [2.05, 4.69) is 6.58 Å². The fourth-order valence-electron chi connectivity index (χ4n) is 0.891. The molecular formula is C11H10N4. The van der Waals surface area contributed by atoms with Gasteiger partial charge in [-0.15, -0.1) is 0 Å². The van der Waals surface area contributed by atoms with Gasteiger partial charge in [0.15, 0.2) is 5.41 Å². The molecule has 0 amide bonds. The zero-order valence-corrected chi connectivity index (χ0v) is 8.70. The van der Waals surface area contributed by atoms with Crippen molar-refractivity contribution in [1.82, 2.24) is 0 Å². The van der Waals surface area contributed by atoms with Crippen molar-refractivity contribution < 1.29 is 0 Å². The summed E-state index contributed by atoms with van der Waals surface area (Å²) in [6.45, 7) is 6.48. The van der Waals surface area contributed by atoms with Gasteiger partial charge in [-0.3, -0.25) is 0 Å². The van der Waals surface area contributed by atoms with Gasteiger partial charge >= 0.3 is 0 Å². The zero-order chi connectivity index (χ0) is 12.1. The summed E-state index contributed by atoms with van der Waals surface area (Å²) in [6.07, 6.45) is 0.0254. The molecule has 0 aliphatic heterocycles. The van der Waals surface area contributed by atoms with Crippen LogP contribution >= 0.6 is 0 Å². The maximum Gasteiger partial charge on any atom is 0.161 e. The van der Waals surface area contributed by atoms with Crippen molar-refractivity contribution in [1.29, 1.82) is 21.0 Å². The van der Waals surface area contributed by atoms with Gasteiger partial charge in [0.25, 0.3) is 0 Å².